The smallest absolute Gasteiger partial charge is 0.247 e. The number of nitrogens with zero attached hydrogens (tertiary/aromatic N) is 3. The molecular formula is C24H25N5O2. The minimum Gasteiger partial charge on any atom is -0.378 e. The summed E-state index contributed by atoms with van der Waals surface area (Å²) in [5, 5.41) is 6.06. The largest absolute Gasteiger partial charge is 0.378 e. The first-order valence-corrected chi connectivity index (χ1v) is 10.2. The lowest BCUT2D eigenvalue weighted by Gasteiger charge is -2.28. The summed E-state index contributed by atoms with van der Waals surface area (Å²) in [7, 11) is 0. The third-order valence-corrected chi connectivity index (χ3v) is 5.06. The van der Waals surface area contributed by atoms with Crippen LogP contribution in [0.2, 0.25) is 0 Å². The van der Waals surface area contributed by atoms with Crippen molar-refractivity contribution in [3.05, 3.63) is 72.9 Å². The summed E-state index contributed by atoms with van der Waals surface area (Å²) in [6.45, 7) is 8.79. The highest BCUT2D eigenvalue weighted by atomic mass is 16.5. The van der Waals surface area contributed by atoms with Crippen LogP contribution in [0.5, 0.6) is 0 Å². The van der Waals surface area contributed by atoms with E-state index >= 15 is 0 Å². The monoisotopic (exact) mass is 415 g/mol. The maximum Gasteiger partial charge on any atom is 0.247 e. The number of rotatable bonds is 6. The highest BCUT2D eigenvalue weighted by molar-refractivity contribution is 5.99. The summed E-state index contributed by atoms with van der Waals surface area (Å²) >= 11 is 0. The second kappa shape index (κ2) is 9.40. The second-order valence-electron chi connectivity index (χ2n) is 7.27. The Morgan fingerprint density at radius 2 is 1.90 bits per heavy atom. The number of hydrogen-bond acceptors (Lipinski definition) is 6. The van der Waals surface area contributed by atoms with E-state index in [4.69, 9.17) is 9.72 Å². The zero-order valence-electron chi connectivity index (χ0n) is 17.5. The van der Waals surface area contributed by atoms with Crippen molar-refractivity contribution < 1.29 is 9.53 Å². The van der Waals surface area contributed by atoms with Gasteiger partial charge < -0.3 is 20.3 Å². The number of ether oxygens (including phenoxy) is 1. The van der Waals surface area contributed by atoms with Gasteiger partial charge in [-0.1, -0.05) is 18.7 Å². The highest BCUT2D eigenvalue weighted by Gasteiger charge is 2.12. The van der Waals surface area contributed by atoms with Crippen molar-refractivity contribution in [2.45, 2.75) is 6.92 Å². The number of hydrogen-bond donors (Lipinski definition) is 2. The van der Waals surface area contributed by atoms with E-state index in [1.165, 1.54) is 11.8 Å². The van der Waals surface area contributed by atoms with E-state index in [-0.39, 0.29) is 5.91 Å². The number of anilines is 4. The molecule has 0 saturated carbocycles. The molecule has 4 rings (SSSR count). The van der Waals surface area contributed by atoms with Crippen LogP contribution >= 0.6 is 0 Å². The molecule has 1 amide bonds. The molecule has 2 aromatic carbocycles. The van der Waals surface area contributed by atoms with Gasteiger partial charge in [0.05, 0.1) is 18.9 Å². The van der Waals surface area contributed by atoms with Crippen molar-refractivity contribution in [1.82, 2.24) is 9.97 Å². The predicted molar refractivity (Wildman–Crippen MR) is 124 cm³/mol. The maximum absolute atomic E-state index is 11.6. The van der Waals surface area contributed by atoms with E-state index in [1.807, 2.05) is 43.3 Å². The van der Waals surface area contributed by atoms with Crippen LogP contribution in [0.1, 0.15) is 5.56 Å². The van der Waals surface area contributed by atoms with Crippen LogP contribution < -0.4 is 15.5 Å². The summed E-state index contributed by atoms with van der Waals surface area (Å²) in [6.07, 6.45) is 3.04. The Balaban J connectivity index is 1.52. The molecule has 0 aliphatic carbocycles. The third-order valence-electron chi connectivity index (χ3n) is 5.06. The van der Waals surface area contributed by atoms with Gasteiger partial charge in [0, 0.05) is 41.9 Å². The first kappa shape index (κ1) is 20.6. The second-order valence-corrected chi connectivity index (χ2v) is 7.27. The molecule has 1 aromatic heterocycles. The number of aryl methyl sites for hydroxylation is 1. The zero-order chi connectivity index (χ0) is 21.6. The van der Waals surface area contributed by atoms with Crippen molar-refractivity contribution in [3.63, 3.8) is 0 Å². The number of amides is 1. The molecule has 3 aromatic rings. The lowest BCUT2D eigenvalue weighted by atomic mass is 10.1. The first-order valence-electron chi connectivity index (χ1n) is 10.2. The van der Waals surface area contributed by atoms with Gasteiger partial charge in [-0.15, -0.1) is 0 Å². The van der Waals surface area contributed by atoms with Crippen LogP contribution in [-0.2, 0) is 9.53 Å². The topological polar surface area (TPSA) is 79.4 Å². The number of aromatic nitrogens is 2. The number of nitrogens with one attached hydrogen (secondary N) is 2. The minimum absolute atomic E-state index is 0.251. The lowest BCUT2D eigenvalue weighted by Crippen LogP contribution is -2.36. The van der Waals surface area contributed by atoms with E-state index in [1.54, 1.807) is 6.20 Å². The average Bonchev–Trinajstić information content (AvgIpc) is 2.81. The van der Waals surface area contributed by atoms with Gasteiger partial charge in [-0.05, 0) is 55.0 Å². The Morgan fingerprint density at radius 3 is 2.65 bits per heavy atom. The van der Waals surface area contributed by atoms with Crippen LogP contribution in [0.3, 0.4) is 0 Å². The molecule has 0 radical (unpaired) electrons. The normalized spacial score (nSPS) is 13.5. The number of carbonyl (C=O) groups excluding carboxylic acids is 1. The minimum atomic E-state index is -0.251. The van der Waals surface area contributed by atoms with Gasteiger partial charge in [0.2, 0.25) is 11.9 Å². The Kier molecular flexibility index (Phi) is 6.24. The van der Waals surface area contributed by atoms with Gasteiger partial charge in [0.15, 0.2) is 0 Å². The van der Waals surface area contributed by atoms with Crippen molar-refractivity contribution in [2.24, 2.45) is 0 Å². The standard InChI is InChI=1S/C24H25N5O2/c1-3-22(30)26-20-6-4-5-18(15-20)23-17(2)16-25-24(28-23)27-19-7-9-21(10-8-19)29-11-13-31-14-12-29/h3-10,15-16H,1,11-14H2,2H3,(H,26,30)(H,25,27,28). The Hall–Kier alpha value is -3.71. The Labute approximate surface area is 181 Å². The third kappa shape index (κ3) is 5.07. The molecule has 2 heterocycles. The molecule has 1 aliphatic heterocycles. The van der Waals surface area contributed by atoms with Gasteiger partial charge >= 0.3 is 0 Å². The van der Waals surface area contributed by atoms with E-state index in [0.717, 1.165) is 48.8 Å². The van der Waals surface area contributed by atoms with Gasteiger partial charge in [-0.25, -0.2) is 9.97 Å². The van der Waals surface area contributed by atoms with Crippen molar-refractivity contribution in [1.29, 1.82) is 0 Å². The number of carbonyl (C=O) groups is 1. The molecule has 1 saturated heterocycles. The summed E-state index contributed by atoms with van der Waals surface area (Å²) in [5.41, 5.74) is 5.43. The molecule has 0 spiro atoms. The molecule has 0 bridgehead atoms. The molecule has 7 heteroatoms. The fraction of sp³-hybridized carbons (Fsp3) is 0.208. The summed E-state index contributed by atoms with van der Waals surface area (Å²) in [6, 6.07) is 15.8. The van der Waals surface area contributed by atoms with Gasteiger partial charge in [-0.2, -0.15) is 0 Å². The molecule has 31 heavy (non-hydrogen) atoms. The Morgan fingerprint density at radius 1 is 1.13 bits per heavy atom. The van der Waals surface area contributed by atoms with Gasteiger partial charge in [0.25, 0.3) is 0 Å². The van der Waals surface area contributed by atoms with E-state index in [9.17, 15) is 4.79 Å². The van der Waals surface area contributed by atoms with Crippen molar-refractivity contribution in [2.75, 3.05) is 41.8 Å². The summed E-state index contributed by atoms with van der Waals surface area (Å²) < 4.78 is 5.42. The van der Waals surface area contributed by atoms with Gasteiger partial charge in [-0.3, -0.25) is 4.79 Å². The van der Waals surface area contributed by atoms with Crippen LogP contribution in [0.4, 0.5) is 23.0 Å². The molecule has 1 fully saturated rings. The van der Waals surface area contributed by atoms with Crippen LogP contribution in [-0.4, -0.2) is 42.2 Å². The van der Waals surface area contributed by atoms with E-state index in [2.05, 4.69) is 39.2 Å². The van der Waals surface area contributed by atoms with Crippen LogP contribution in [0, 0.1) is 6.92 Å². The van der Waals surface area contributed by atoms with E-state index in [0.29, 0.717) is 11.6 Å². The van der Waals surface area contributed by atoms with Crippen LogP contribution in [0.15, 0.2) is 67.4 Å². The molecule has 0 atom stereocenters. The molecule has 158 valence electrons. The van der Waals surface area contributed by atoms with E-state index < -0.39 is 0 Å². The fourth-order valence-electron chi connectivity index (χ4n) is 3.44. The van der Waals surface area contributed by atoms with Crippen molar-refractivity contribution >= 4 is 28.9 Å². The van der Waals surface area contributed by atoms with Crippen molar-refractivity contribution in [3.8, 4) is 11.3 Å². The molecule has 1 aliphatic rings. The quantitative estimate of drug-likeness (QED) is 0.589. The number of morpholine rings is 1. The lowest BCUT2D eigenvalue weighted by molar-refractivity contribution is -0.111. The van der Waals surface area contributed by atoms with Gasteiger partial charge in [0.1, 0.15) is 0 Å². The molecule has 0 unspecified atom stereocenters. The molecule has 7 nitrogen and oxygen atoms in total. The highest BCUT2D eigenvalue weighted by Crippen LogP contribution is 2.26. The number of benzene rings is 2. The summed E-state index contributed by atoms with van der Waals surface area (Å²) in [5.74, 6) is 0.264. The first-order chi connectivity index (χ1) is 15.1. The molecule has 2 N–H and O–H groups in total. The summed E-state index contributed by atoms with van der Waals surface area (Å²) in [4.78, 5) is 23.0. The SMILES string of the molecule is C=CC(=O)Nc1cccc(-c2nc(Nc3ccc(N4CCOCC4)cc3)ncc2C)c1. The maximum atomic E-state index is 11.6. The Bertz CT molecular complexity index is 1080. The zero-order valence-corrected chi connectivity index (χ0v) is 17.5. The fourth-order valence-corrected chi connectivity index (χ4v) is 3.44. The van der Waals surface area contributed by atoms with Crippen LogP contribution in [0.25, 0.3) is 11.3 Å². The molecular weight excluding hydrogens is 390 g/mol. The average molecular weight is 415 g/mol. The predicted octanol–water partition coefficient (Wildman–Crippen LogP) is 4.16.